The summed E-state index contributed by atoms with van der Waals surface area (Å²) in [4.78, 5) is 0.213. The molecule has 0 aliphatic heterocycles. The topological polar surface area (TPSA) is 46.2 Å². The lowest BCUT2D eigenvalue weighted by Gasteiger charge is -2.39. The molecule has 1 aromatic carbocycles. The molecule has 20 heavy (non-hydrogen) atoms. The summed E-state index contributed by atoms with van der Waals surface area (Å²) < 4.78 is 38.6. The van der Waals surface area contributed by atoms with E-state index < -0.39 is 20.9 Å². The zero-order valence-corrected chi connectivity index (χ0v) is 13.0. The molecule has 1 aromatic rings. The molecule has 2 rings (SSSR count). The van der Waals surface area contributed by atoms with E-state index in [0.717, 1.165) is 12.8 Å². The van der Waals surface area contributed by atoms with Gasteiger partial charge < -0.3 is 5.32 Å². The Bertz CT molecular complexity index is 556. The molecule has 0 radical (unpaired) electrons. The number of benzene rings is 1. The van der Waals surface area contributed by atoms with Crippen LogP contribution in [0.1, 0.15) is 26.7 Å². The molecule has 0 spiro atoms. The standard InChI is InChI=1S/C15H22FNO2S/c1-10-8-11(2)15(14(9-10)17-3)20(18,19)13-6-4-12(16)5-7-13/h4-7,10-11,14-15,17H,8-9H2,1-3H3. The van der Waals surface area contributed by atoms with Crippen LogP contribution >= 0.6 is 0 Å². The van der Waals surface area contributed by atoms with Gasteiger partial charge in [-0.05, 0) is 56.0 Å². The molecule has 0 heterocycles. The first-order valence-corrected chi connectivity index (χ1v) is 8.57. The largest absolute Gasteiger partial charge is 0.316 e. The van der Waals surface area contributed by atoms with Gasteiger partial charge in [-0.25, -0.2) is 12.8 Å². The Morgan fingerprint density at radius 1 is 1.15 bits per heavy atom. The fourth-order valence-electron chi connectivity index (χ4n) is 3.41. The van der Waals surface area contributed by atoms with E-state index in [0.29, 0.717) is 5.92 Å². The molecule has 4 unspecified atom stereocenters. The molecule has 0 amide bonds. The summed E-state index contributed by atoms with van der Waals surface area (Å²) in [5, 5.41) is 2.70. The van der Waals surface area contributed by atoms with Gasteiger partial charge in [0.25, 0.3) is 0 Å². The summed E-state index contributed by atoms with van der Waals surface area (Å²) in [6, 6.07) is 5.09. The van der Waals surface area contributed by atoms with Crippen molar-refractivity contribution in [3.8, 4) is 0 Å². The molecule has 1 fully saturated rings. The van der Waals surface area contributed by atoms with Crippen molar-refractivity contribution in [2.75, 3.05) is 7.05 Å². The van der Waals surface area contributed by atoms with E-state index in [9.17, 15) is 12.8 Å². The zero-order valence-electron chi connectivity index (χ0n) is 12.1. The Labute approximate surface area is 120 Å². The third-order valence-electron chi connectivity index (χ3n) is 4.26. The second-order valence-corrected chi connectivity index (χ2v) is 8.02. The van der Waals surface area contributed by atoms with Crippen LogP contribution in [0.3, 0.4) is 0 Å². The van der Waals surface area contributed by atoms with Gasteiger partial charge in [0, 0.05) is 6.04 Å². The maximum absolute atomic E-state index is 13.0. The van der Waals surface area contributed by atoms with Gasteiger partial charge in [-0.15, -0.1) is 0 Å². The molecule has 0 bridgehead atoms. The van der Waals surface area contributed by atoms with Crippen molar-refractivity contribution in [3.05, 3.63) is 30.1 Å². The average molecular weight is 299 g/mol. The molecular formula is C15H22FNO2S. The van der Waals surface area contributed by atoms with Crippen molar-refractivity contribution in [3.63, 3.8) is 0 Å². The predicted molar refractivity (Wildman–Crippen MR) is 77.8 cm³/mol. The van der Waals surface area contributed by atoms with Gasteiger partial charge in [-0.2, -0.15) is 0 Å². The molecule has 0 aromatic heterocycles. The first-order valence-electron chi connectivity index (χ1n) is 7.03. The van der Waals surface area contributed by atoms with E-state index in [1.54, 1.807) is 0 Å². The maximum atomic E-state index is 13.0. The second kappa shape index (κ2) is 5.82. The van der Waals surface area contributed by atoms with E-state index in [2.05, 4.69) is 12.2 Å². The Morgan fingerprint density at radius 3 is 2.30 bits per heavy atom. The summed E-state index contributed by atoms with van der Waals surface area (Å²) in [6.07, 6.45) is 1.76. The van der Waals surface area contributed by atoms with Crippen molar-refractivity contribution in [2.24, 2.45) is 11.8 Å². The van der Waals surface area contributed by atoms with Crippen LogP contribution in [-0.2, 0) is 9.84 Å². The molecular weight excluding hydrogens is 277 g/mol. The highest BCUT2D eigenvalue weighted by Crippen LogP contribution is 2.35. The van der Waals surface area contributed by atoms with Crippen LogP contribution in [0.4, 0.5) is 4.39 Å². The van der Waals surface area contributed by atoms with Crippen LogP contribution in [-0.4, -0.2) is 26.8 Å². The minimum absolute atomic E-state index is 0.0520. The predicted octanol–water partition coefficient (Wildman–Crippen LogP) is 2.62. The van der Waals surface area contributed by atoms with Crippen molar-refractivity contribution in [2.45, 2.75) is 42.9 Å². The molecule has 4 atom stereocenters. The number of sulfone groups is 1. The fourth-order valence-corrected chi connectivity index (χ4v) is 5.65. The Kier molecular flexibility index (Phi) is 4.49. The molecule has 1 aliphatic rings. The number of hydrogen-bond donors (Lipinski definition) is 1. The Morgan fingerprint density at radius 2 is 1.75 bits per heavy atom. The number of halogens is 1. The highest BCUT2D eigenvalue weighted by Gasteiger charge is 2.42. The minimum atomic E-state index is -3.44. The number of rotatable bonds is 3. The summed E-state index contributed by atoms with van der Waals surface area (Å²) in [7, 11) is -1.63. The lowest BCUT2D eigenvalue weighted by atomic mass is 9.80. The van der Waals surface area contributed by atoms with Gasteiger partial charge in [-0.3, -0.25) is 0 Å². The van der Waals surface area contributed by atoms with E-state index in [-0.39, 0.29) is 16.9 Å². The monoisotopic (exact) mass is 299 g/mol. The normalized spacial score (nSPS) is 31.2. The van der Waals surface area contributed by atoms with E-state index >= 15 is 0 Å². The average Bonchev–Trinajstić information content (AvgIpc) is 2.37. The zero-order chi connectivity index (χ0) is 14.9. The van der Waals surface area contributed by atoms with Crippen LogP contribution in [0.25, 0.3) is 0 Å². The minimum Gasteiger partial charge on any atom is -0.316 e. The van der Waals surface area contributed by atoms with Gasteiger partial charge >= 0.3 is 0 Å². The summed E-state index contributed by atoms with van der Waals surface area (Å²) in [5.74, 6) is 0.188. The molecule has 1 aliphatic carbocycles. The third kappa shape index (κ3) is 2.88. The first kappa shape index (κ1) is 15.4. The Hall–Kier alpha value is -0.940. The van der Waals surface area contributed by atoms with E-state index in [4.69, 9.17) is 0 Å². The summed E-state index contributed by atoms with van der Waals surface area (Å²) in [5.41, 5.74) is 0. The first-order chi connectivity index (χ1) is 9.36. The van der Waals surface area contributed by atoms with Crippen molar-refractivity contribution >= 4 is 9.84 Å². The van der Waals surface area contributed by atoms with Gasteiger partial charge in [0.15, 0.2) is 9.84 Å². The van der Waals surface area contributed by atoms with Gasteiger partial charge in [0.2, 0.25) is 0 Å². The number of nitrogens with one attached hydrogen (secondary N) is 1. The lowest BCUT2D eigenvalue weighted by molar-refractivity contribution is 0.249. The lowest BCUT2D eigenvalue weighted by Crippen LogP contribution is -2.50. The molecule has 1 N–H and O–H groups in total. The third-order valence-corrected chi connectivity index (χ3v) is 6.70. The van der Waals surface area contributed by atoms with Crippen LogP contribution in [0.15, 0.2) is 29.2 Å². The van der Waals surface area contributed by atoms with Crippen molar-refractivity contribution < 1.29 is 12.8 Å². The van der Waals surface area contributed by atoms with Crippen LogP contribution in [0, 0.1) is 17.7 Å². The highest BCUT2D eigenvalue weighted by molar-refractivity contribution is 7.92. The molecule has 0 saturated heterocycles. The molecule has 1 saturated carbocycles. The fraction of sp³-hybridized carbons (Fsp3) is 0.600. The van der Waals surface area contributed by atoms with Crippen molar-refractivity contribution in [1.29, 1.82) is 0 Å². The molecule has 5 heteroatoms. The highest BCUT2D eigenvalue weighted by atomic mass is 32.2. The smallest absolute Gasteiger partial charge is 0.183 e. The summed E-state index contributed by atoms with van der Waals surface area (Å²) in [6.45, 7) is 4.15. The van der Waals surface area contributed by atoms with Gasteiger partial charge in [0.1, 0.15) is 5.82 Å². The Balaban J connectivity index is 2.38. The molecule has 3 nitrogen and oxygen atoms in total. The van der Waals surface area contributed by atoms with Crippen LogP contribution < -0.4 is 5.32 Å². The quantitative estimate of drug-likeness (QED) is 0.873. The second-order valence-electron chi connectivity index (χ2n) is 5.91. The SMILES string of the molecule is CNC1CC(C)CC(C)C1S(=O)(=O)c1ccc(F)cc1. The number of hydrogen-bond acceptors (Lipinski definition) is 3. The van der Waals surface area contributed by atoms with E-state index in [1.165, 1.54) is 24.3 Å². The summed E-state index contributed by atoms with van der Waals surface area (Å²) >= 11 is 0. The molecule has 112 valence electrons. The van der Waals surface area contributed by atoms with Gasteiger partial charge in [-0.1, -0.05) is 13.8 Å². The maximum Gasteiger partial charge on any atom is 0.183 e. The van der Waals surface area contributed by atoms with E-state index in [1.807, 2.05) is 14.0 Å². The van der Waals surface area contributed by atoms with Crippen LogP contribution in [0.5, 0.6) is 0 Å². The van der Waals surface area contributed by atoms with Gasteiger partial charge in [0.05, 0.1) is 10.1 Å². The van der Waals surface area contributed by atoms with Crippen LogP contribution in [0.2, 0.25) is 0 Å². The van der Waals surface area contributed by atoms with Crippen molar-refractivity contribution in [1.82, 2.24) is 5.32 Å².